The summed E-state index contributed by atoms with van der Waals surface area (Å²) in [6.07, 6.45) is 6.80. The first-order valence-electron chi connectivity index (χ1n) is 9.38. The highest BCUT2D eigenvalue weighted by molar-refractivity contribution is 4.85. The summed E-state index contributed by atoms with van der Waals surface area (Å²) in [6.45, 7) is 19.1. The molecule has 1 fully saturated rings. The molecule has 1 atom stereocenters. The van der Waals surface area contributed by atoms with Crippen molar-refractivity contribution >= 4 is 0 Å². The van der Waals surface area contributed by atoms with Crippen LogP contribution in [0.25, 0.3) is 0 Å². The quantitative estimate of drug-likeness (QED) is 0.707. The van der Waals surface area contributed by atoms with Crippen LogP contribution >= 0.6 is 0 Å². The summed E-state index contributed by atoms with van der Waals surface area (Å²) in [5.74, 6) is 1.80. The predicted octanol–water partition coefficient (Wildman–Crippen LogP) is 4.55. The van der Waals surface area contributed by atoms with Gasteiger partial charge in [0.2, 0.25) is 0 Å². The first-order valence-corrected chi connectivity index (χ1v) is 9.38. The van der Waals surface area contributed by atoms with E-state index in [1.54, 1.807) is 0 Å². The molecule has 21 heavy (non-hydrogen) atoms. The van der Waals surface area contributed by atoms with Crippen molar-refractivity contribution in [1.29, 1.82) is 0 Å². The average Bonchev–Trinajstić information content (AvgIpc) is 2.69. The first kappa shape index (κ1) is 19.0. The van der Waals surface area contributed by atoms with E-state index in [1.165, 1.54) is 58.3 Å². The van der Waals surface area contributed by atoms with Crippen molar-refractivity contribution in [3.05, 3.63) is 0 Å². The van der Waals surface area contributed by atoms with Crippen molar-refractivity contribution in [3.8, 4) is 0 Å². The van der Waals surface area contributed by atoms with Crippen molar-refractivity contribution in [2.45, 2.75) is 79.7 Å². The lowest BCUT2D eigenvalue weighted by atomic mass is 9.81. The Labute approximate surface area is 134 Å². The van der Waals surface area contributed by atoms with Gasteiger partial charge in [0, 0.05) is 19.1 Å². The number of hydrogen-bond acceptors (Lipinski definition) is 2. The van der Waals surface area contributed by atoms with E-state index in [0.29, 0.717) is 11.5 Å². The molecule has 0 bridgehead atoms. The zero-order chi connectivity index (χ0) is 15.9. The second-order valence-corrected chi connectivity index (χ2v) is 7.95. The Bertz CT molecular complexity index is 269. The van der Waals surface area contributed by atoms with Gasteiger partial charge in [-0.2, -0.15) is 0 Å². The van der Waals surface area contributed by atoms with Gasteiger partial charge < -0.3 is 10.2 Å². The molecule has 0 aliphatic carbocycles. The fourth-order valence-corrected chi connectivity index (χ4v) is 3.68. The molecule has 0 saturated carbocycles. The molecule has 1 heterocycles. The zero-order valence-corrected chi connectivity index (χ0v) is 15.5. The van der Waals surface area contributed by atoms with Gasteiger partial charge in [-0.15, -0.1) is 0 Å². The first-order chi connectivity index (χ1) is 9.92. The Hall–Kier alpha value is -0.0800. The van der Waals surface area contributed by atoms with E-state index in [0.717, 1.165) is 11.8 Å². The Kier molecular flexibility index (Phi) is 8.26. The van der Waals surface area contributed by atoms with Gasteiger partial charge in [0.05, 0.1) is 0 Å². The molecule has 0 aromatic heterocycles. The Balaban J connectivity index is 2.58. The average molecular weight is 297 g/mol. The minimum atomic E-state index is 0.460. The zero-order valence-electron chi connectivity index (χ0n) is 15.5. The van der Waals surface area contributed by atoms with Gasteiger partial charge in [0.1, 0.15) is 0 Å². The monoisotopic (exact) mass is 296 g/mol. The molecule has 0 amide bonds. The summed E-state index contributed by atoms with van der Waals surface area (Å²) in [7, 11) is 0. The van der Waals surface area contributed by atoms with E-state index in [2.05, 4.69) is 51.8 Å². The van der Waals surface area contributed by atoms with Crippen LogP contribution in [0.1, 0.15) is 73.6 Å². The van der Waals surface area contributed by atoms with Crippen molar-refractivity contribution in [2.75, 3.05) is 26.2 Å². The predicted molar refractivity (Wildman–Crippen MR) is 94.8 cm³/mol. The highest BCUT2D eigenvalue weighted by Gasteiger charge is 2.30. The topological polar surface area (TPSA) is 15.3 Å². The summed E-state index contributed by atoms with van der Waals surface area (Å²) in [5.41, 5.74) is 0.460. The number of nitrogens with one attached hydrogen (secondary N) is 1. The van der Waals surface area contributed by atoms with Crippen LogP contribution in [-0.4, -0.2) is 37.1 Å². The van der Waals surface area contributed by atoms with Gasteiger partial charge in [-0.25, -0.2) is 0 Å². The molecule has 1 aliphatic rings. The fourth-order valence-electron chi connectivity index (χ4n) is 3.68. The van der Waals surface area contributed by atoms with Crippen molar-refractivity contribution in [3.63, 3.8) is 0 Å². The standard InChI is InChI=1S/C19H40N2/c1-7-19(8-2,14-20-17(5)6)15-21-12-9-10-18(11-13-21)16(3)4/h16-18,20H,7-15H2,1-6H3. The summed E-state index contributed by atoms with van der Waals surface area (Å²) >= 11 is 0. The van der Waals surface area contributed by atoms with E-state index in [4.69, 9.17) is 0 Å². The molecular formula is C19H40N2. The lowest BCUT2D eigenvalue weighted by Crippen LogP contribution is -2.45. The minimum absolute atomic E-state index is 0.460. The summed E-state index contributed by atoms with van der Waals surface area (Å²) in [6, 6.07) is 0.594. The molecule has 0 aromatic carbocycles. The summed E-state index contributed by atoms with van der Waals surface area (Å²) < 4.78 is 0. The lowest BCUT2D eigenvalue weighted by molar-refractivity contribution is 0.133. The summed E-state index contributed by atoms with van der Waals surface area (Å²) in [4.78, 5) is 2.76. The highest BCUT2D eigenvalue weighted by atomic mass is 15.1. The molecule has 2 heteroatoms. The van der Waals surface area contributed by atoms with Gasteiger partial charge in [0.15, 0.2) is 0 Å². The van der Waals surface area contributed by atoms with Crippen LogP contribution in [0.4, 0.5) is 0 Å². The Morgan fingerprint density at radius 1 is 1.05 bits per heavy atom. The number of rotatable bonds is 8. The lowest BCUT2D eigenvalue weighted by Gasteiger charge is -2.38. The second-order valence-electron chi connectivity index (χ2n) is 7.95. The SMILES string of the molecule is CCC(CC)(CNC(C)C)CN1CCCC(C(C)C)CC1. The molecule has 2 nitrogen and oxygen atoms in total. The third-order valence-corrected chi connectivity index (χ3v) is 5.75. The Morgan fingerprint density at radius 2 is 1.71 bits per heavy atom. The molecule has 1 unspecified atom stereocenters. The van der Waals surface area contributed by atoms with Gasteiger partial charge in [-0.3, -0.25) is 0 Å². The highest BCUT2D eigenvalue weighted by Crippen LogP contribution is 2.30. The van der Waals surface area contributed by atoms with E-state index in [9.17, 15) is 0 Å². The third-order valence-electron chi connectivity index (χ3n) is 5.75. The van der Waals surface area contributed by atoms with Gasteiger partial charge in [-0.1, -0.05) is 41.5 Å². The smallest absolute Gasteiger partial charge is 0.00499 e. The van der Waals surface area contributed by atoms with Crippen LogP contribution in [0.15, 0.2) is 0 Å². The van der Waals surface area contributed by atoms with Crippen molar-refractivity contribution in [1.82, 2.24) is 10.2 Å². The molecule has 1 saturated heterocycles. The number of hydrogen-bond donors (Lipinski definition) is 1. The van der Waals surface area contributed by atoms with E-state index in [1.807, 2.05) is 0 Å². The molecule has 0 spiro atoms. The maximum atomic E-state index is 3.69. The molecule has 1 N–H and O–H groups in total. The molecular weight excluding hydrogens is 256 g/mol. The van der Waals surface area contributed by atoms with Gasteiger partial charge in [-0.05, 0) is 62.4 Å². The van der Waals surface area contributed by atoms with Crippen molar-refractivity contribution < 1.29 is 0 Å². The van der Waals surface area contributed by atoms with Crippen LogP contribution in [0.2, 0.25) is 0 Å². The third kappa shape index (κ3) is 6.28. The largest absolute Gasteiger partial charge is 0.314 e. The fraction of sp³-hybridized carbons (Fsp3) is 1.00. The number of likely N-dealkylation sites (tertiary alicyclic amines) is 1. The second kappa shape index (κ2) is 9.15. The van der Waals surface area contributed by atoms with Gasteiger partial charge >= 0.3 is 0 Å². The van der Waals surface area contributed by atoms with Crippen LogP contribution in [0.5, 0.6) is 0 Å². The molecule has 0 radical (unpaired) electrons. The maximum absolute atomic E-state index is 3.69. The Morgan fingerprint density at radius 3 is 2.24 bits per heavy atom. The summed E-state index contributed by atoms with van der Waals surface area (Å²) in [5, 5.41) is 3.69. The van der Waals surface area contributed by atoms with E-state index < -0.39 is 0 Å². The van der Waals surface area contributed by atoms with E-state index >= 15 is 0 Å². The molecule has 1 rings (SSSR count). The normalized spacial score (nSPS) is 22.0. The van der Waals surface area contributed by atoms with Crippen LogP contribution in [-0.2, 0) is 0 Å². The van der Waals surface area contributed by atoms with Crippen LogP contribution in [0, 0.1) is 17.3 Å². The molecule has 0 aromatic rings. The van der Waals surface area contributed by atoms with E-state index in [-0.39, 0.29) is 0 Å². The molecule has 1 aliphatic heterocycles. The van der Waals surface area contributed by atoms with Crippen molar-refractivity contribution in [2.24, 2.45) is 17.3 Å². The van der Waals surface area contributed by atoms with Crippen LogP contribution < -0.4 is 5.32 Å². The number of nitrogens with zero attached hydrogens (tertiary/aromatic N) is 1. The van der Waals surface area contributed by atoms with Gasteiger partial charge in [0.25, 0.3) is 0 Å². The maximum Gasteiger partial charge on any atom is 0.00499 e. The minimum Gasteiger partial charge on any atom is -0.314 e. The molecule has 126 valence electrons. The van der Waals surface area contributed by atoms with Crippen LogP contribution in [0.3, 0.4) is 0 Å².